The summed E-state index contributed by atoms with van der Waals surface area (Å²) in [6.07, 6.45) is 3.80. The summed E-state index contributed by atoms with van der Waals surface area (Å²) in [4.78, 5) is 20.4. The van der Waals surface area contributed by atoms with Crippen LogP contribution in [0.4, 0.5) is 5.82 Å². The van der Waals surface area contributed by atoms with Crippen LogP contribution in [-0.4, -0.2) is 58.6 Å². The van der Waals surface area contributed by atoms with Crippen molar-refractivity contribution in [3.8, 4) is 0 Å². The Labute approximate surface area is 110 Å². The smallest absolute Gasteiger partial charge is 0.356 e. The number of nitrogens with zero attached hydrogens (tertiary/aromatic N) is 3. The summed E-state index contributed by atoms with van der Waals surface area (Å²) >= 11 is 0. The molecule has 1 aliphatic heterocycles. The number of aliphatic hydroxyl groups is 1. The van der Waals surface area contributed by atoms with Gasteiger partial charge in [0.25, 0.3) is 0 Å². The van der Waals surface area contributed by atoms with Crippen molar-refractivity contribution < 1.29 is 19.7 Å². The fraction of sp³-hybridized carbons (Fsp3) is 0.583. The third kappa shape index (κ3) is 3.39. The van der Waals surface area contributed by atoms with Crippen molar-refractivity contribution in [3.63, 3.8) is 0 Å². The summed E-state index contributed by atoms with van der Waals surface area (Å²) in [7, 11) is 1.75. The monoisotopic (exact) mass is 267 g/mol. The van der Waals surface area contributed by atoms with Gasteiger partial charge in [-0.3, -0.25) is 4.98 Å². The Hall–Kier alpha value is -1.73. The van der Waals surface area contributed by atoms with E-state index in [1.165, 1.54) is 12.4 Å². The van der Waals surface area contributed by atoms with Crippen LogP contribution < -0.4 is 4.90 Å². The van der Waals surface area contributed by atoms with Crippen LogP contribution in [-0.2, 0) is 4.74 Å². The largest absolute Gasteiger partial charge is 0.476 e. The zero-order valence-electron chi connectivity index (χ0n) is 10.7. The van der Waals surface area contributed by atoms with E-state index in [9.17, 15) is 9.90 Å². The van der Waals surface area contributed by atoms with Crippen molar-refractivity contribution in [1.29, 1.82) is 0 Å². The highest BCUT2D eigenvalue weighted by Crippen LogP contribution is 2.23. The van der Waals surface area contributed by atoms with E-state index in [2.05, 4.69) is 9.97 Å². The Balaban J connectivity index is 2.08. The zero-order chi connectivity index (χ0) is 13.9. The fourth-order valence-corrected chi connectivity index (χ4v) is 2.07. The Morgan fingerprint density at radius 3 is 2.79 bits per heavy atom. The molecule has 104 valence electrons. The molecule has 7 nitrogen and oxygen atoms in total. The highest BCUT2D eigenvalue weighted by atomic mass is 16.5. The number of aromatic carboxylic acids is 1. The topological polar surface area (TPSA) is 95.8 Å². The molecule has 2 N–H and O–H groups in total. The van der Waals surface area contributed by atoms with Crippen molar-refractivity contribution in [2.75, 3.05) is 31.7 Å². The molecule has 2 rings (SSSR count). The van der Waals surface area contributed by atoms with Gasteiger partial charge in [-0.25, -0.2) is 9.78 Å². The first kappa shape index (κ1) is 13.7. The lowest BCUT2D eigenvalue weighted by Gasteiger charge is -2.35. The number of anilines is 1. The van der Waals surface area contributed by atoms with E-state index in [-0.39, 0.29) is 5.69 Å². The number of hydrogen-bond donors (Lipinski definition) is 2. The summed E-state index contributed by atoms with van der Waals surface area (Å²) in [5, 5.41) is 19.3. The molecule has 0 radical (unpaired) electrons. The van der Waals surface area contributed by atoms with Crippen molar-refractivity contribution in [2.24, 2.45) is 0 Å². The molecule has 19 heavy (non-hydrogen) atoms. The van der Waals surface area contributed by atoms with Gasteiger partial charge in [0.15, 0.2) is 5.69 Å². The van der Waals surface area contributed by atoms with E-state index in [4.69, 9.17) is 9.84 Å². The highest BCUT2D eigenvalue weighted by Gasteiger charge is 2.31. The Kier molecular flexibility index (Phi) is 3.96. The number of hydrogen-bond acceptors (Lipinski definition) is 6. The predicted octanol–water partition coefficient (Wildman–Crippen LogP) is 0.152. The van der Waals surface area contributed by atoms with E-state index in [1.54, 1.807) is 11.9 Å². The van der Waals surface area contributed by atoms with Gasteiger partial charge in [0.1, 0.15) is 5.82 Å². The van der Waals surface area contributed by atoms with Crippen LogP contribution in [0.5, 0.6) is 0 Å². The average Bonchev–Trinajstić information content (AvgIpc) is 2.39. The predicted molar refractivity (Wildman–Crippen MR) is 67.3 cm³/mol. The number of likely N-dealkylation sites (N-methyl/N-ethyl adjacent to an activating group) is 1. The second kappa shape index (κ2) is 5.50. The number of aromatic nitrogens is 2. The number of carbonyl (C=O) groups is 1. The van der Waals surface area contributed by atoms with Gasteiger partial charge in [-0.05, 0) is 0 Å². The molecule has 0 unspecified atom stereocenters. The molecule has 0 spiro atoms. The summed E-state index contributed by atoms with van der Waals surface area (Å²) in [5.74, 6) is -0.688. The summed E-state index contributed by atoms with van der Waals surface area (Å²) in [6.45, 7) is 1.44. The van der Waals surface area contributed by atoms with Crippen LogP contribution in [0.2, 0.25) is 0 Å². The van der Waals surface area contributed by atoms with E-state index in [0.29, 0.717) is 38.4 Å². The average molecular weight is 267 g/mol. The van der Waals surface area contributed by atoms with Crippen molar-refractivity contribution in [2.45, 2.75) is 18.4 Å². The van der Waals surface area contributed by atoms with Gasteiger partial charge in [0.2, 0.25) is 0 Å². The third-order valence-corrected chi connectivity index (χ3v) is 3.19. The van der Waals surface area contributed by atoms with E-state index in [0.717, 1.165) is 0 Å². The van der Waals surface area contributed by atoms with Crippen LogP contribution in [0.15, 0.2) is 12.4 Å². The summed E-state index contributed by atoms with van der Waals surface area (Å²) in [5.41, 5.74) is -0.934. The van der Waals surface area contributed by atoms with Crippen LogP contribution in [0.3, 0.4) is 0 Å². The minimum absolute atomic E-state index is 0.108. The molecule has 0 amide bonds. The lowest BCUT2D eigenvalue weighted by molar-refractivity contribution is -0.0573. The first-order valence-electron chi connectivity index (χ1n) is 6.07. The molecule has 7 heteroatoms. The Morgan fingerprint density at radius 1 is 1.47 bits per heavy atom. The molecule has 0 bridgehead atoms. The van der Waals surface area contributed by atoms with Crippen LogP contribution in [0, 0.1) is 0 Å². The van der Waals surface area contributed by atoms with Gasteiger partial charge in [0.05, 0.1) is 18.0 Å². The second-order valence-corrected chi connectivity index (χ2v) is 4.76. The van der Waals surface area contributed by atoms with Crippen molar-refractivity contribution in [1.82, 2.24) is 9.97 Å². The lowest BCUT2D eigenvalue weighted by Crippen LogP contribution is -2.46. The summed E-state index contributed by atoms with van der Waals surface area (Å²) < 4.78 is 5.22. The molecular formula is C12H17N3O4. The SMILES string of the molecule is CN(CC1(O)CCOCC1)c1cncc(C(=O)O)n1. The molecule has 1 fully saturated rings. The fourth-order valence-electron chi connectivity index (χ4n) is 2.07. The summed E-state index contributed by atoms with van der Waals surface area (Å²) in [6, 6.07) is 0. The van der Waals surface area contributed by atoms with Crippen LogP contribution in [0.1, 0.15) is 23.3 Å². The van der Waals surface area contributed by atoms with Crippen molar-refractivity contribution >= 4 is 11.8 Å². The molecule has 1 saturated heterocycles. The normalized spacial score (nSPS) is 18.0. The second-order valence-electron chi connectivity index (χ2n) is 4.76. The Bertz CT molecular complexity index is 460. The maximum Gasteiger partial charge on any atom is 0.356 e. The highest BCUT2D eigenvalue weighted by molar-refractivity contribution is 5.85. The molecule has 2 heterocycles. The molecule has 1 aromatic heterocycles. The van der Waals surface area contributed by atoms with Gasteiger partial charge in [0, 0.05) is 39.6 Å². The minimum atomic E-state index is -1.12. The number of carboxylic acids is 1. The van der Waals surface area contributed by atoms with Crippen LogP contribution >= 0.6 is 0 Å². The van der Waals surface area contributed by atoms with E-state index >= 15 is 0 Å². The molecule has 1 aromatic rings. The van der Waals surface area contributed by atoms with Crippen LogP contribution in [0.25, 0.3) is 0 Å². The molecular weight excluding hydrogens is 250 g/mol. The molecule has 0 aromatic carbocycles. The van der Waals surface area contributed by atoms with E-state index in [1.807, 2.05) is 0 Å². The van der Waals surface area contributed by atoms with Gasteiger partial charge in [-0.1, -0.05) is 0 Å². The Morgan fingerprint density at radius 2 is 2.16 bits per heavy atom. The standard InChI is InChI=1S/C12H17N3O4/c1-15(8-12(18)2-4-19-5-3-12)10-7-13-6-9(14-10)11(16)17/h6-7,18H,2-5,8H2,1H3,(H,16,17). The number of ether oxygens (including phenoxy) is 1. The van der Waals surface area contributed by atoms with E-state index < -0.39 is 11.6 Å². The number of carboxylic acid groups (broad SMARTS) is 1. The number of rotatable bonds is 4. The maximum absolute atomic E-state index is 10.8. The first-order chi connectivity index (χ1) is 9.00. The van der Waals surface area contributed by atoms with Crippen molar-refractivity contribution in [3.05, 3.63) is 18.1 Å². The quantitative estimate of drug-likeness (QED) is 0.801. The van der Waals surface area contributed by atoms with Gasteiger partial charge in [-0.2, -0.15) is 0 Å². The van der Waals surface area contributed by atoms with Gasteiger partial charge < -0.3 is 19.8 Å². The van der Waals surface area contributed by atoms with Gasteiger partial charge in [-0.15, -0.1) is 0 Å². The third-order valence-electron chi connectivity index (χ3n) is 3.19. The van der Waals surface area contributed by atoms with Gasteiger partial charge >= 0.3 is 5.97 Å². The first-order valence-corrected chi connectivity index (χ1v) is 6.07. The molecule has 0 aliphatic carbocycles. The molecule has 0 atom stereocenters. The zero-order valence-corrected chi connectivity index (χ0v) is 10.7. The maximum atomic E-state index is 10.8. The molecule has 0 saturated carbocycles. The lowest BCUT2D eigenvalue weighted by atomic mass is 9.94. The molecule has 1 aliphatic rings. The minimum Gasteiger partial charge on any atom is -0.476 e.